The van der Waals surface area contributed by atoms with Crippen molar-refractivity contribution in [3.8, 4) is 0 Å². The van der Waals surface area contributed by atoms with Gasteiger partial charge in [0.25, 0.3) is 0 Å². The summed E-state index contributed by atoms with van der Waals surface area (Å²) in [5.74, 6) is 0. The molecule has 0 radical (unpaired) electrons. The maximum atomic E-state index is 9.45. The van der Waals surface area contributed by atoms with Gasteiger partial charge in [-0.3, -0.25) is 0 Å². The van der Waals surface area contributed by atoms with Crippen LogP contribution in [-0.4, -0.2) is 41.8 Å². The summed E-state index contributed by atoms with van der Waals surface area (Å²) in [7, 11) is 0. The molecule has 1 fully saturated rings. The zero-order valence-corrected chi connectivity index (χ0v) is 9.99. The molecule has 1 atom stereocenters. The van der Waals surface area contributed by atoms with Crippen LogP contribution in [-0.2, 0) is 0 Å². The molecule has 3 N–H and O–H groups in total. The predicted molar refractivity (Wildman–Crippen MR) is 63.8 cm³/mol. The first-order valence-corrected chi connectivity index (χ1v) is 6.40. The number of hydrogen-bond acceptors (Lipinski definition) is 3. The molecule has 1 aliphatic carbocycles. The normalized spacial score (nSPS) is 20.8. The fourth-order valence-electron chi connectivity index (χ4n) is 2.48. The minimum atomic E-state index is -0.317. The Hall–Kier alpha value is -0.120. The third-order valence-corrected chi connectivity index (χ3v) is 3.52. The Kier molecular flexibility index (Phi) is 6.22. The van der Waals surface area contributed by atoms with Crippen LogP contribution >= 0.6 is 0 Å². The maximum Gasteiger partial charge on any atom is 0.0674 e. The van der Waals surface area contributed by atoms with Crippen molar-refractivity contribution in [3.05, 3.63) is 0 Å². The number of aliphatic hydroxyl groups is 1. The standard InChI is InChI=1S/C12H26N2O/c1-2-14(9-8-12(15)10-13)11-6-4-3-5-7-11/h11-12,15H,2-10,13H2,1H3. The van der Waals surface area contributed by atoms with Gasteiger partial charge in [0, 0.05) is 19.1 Å². The van der Waals surface area contributed by atoms with Gasteiger partial charge in [-0.15, -0.1) is 0 Å². The second kappa shape index (κ2) is 7.20. The van der Waals surface area contributed by atoms with Gasteiger partial charge in [0.15, 0.2) is 0 Å². The molecule has 1 aliphatic rings. The van der Waals surface area contributed by atoms with Crippen molar-refractivity contribution in [2.45, 2.75) is 57.6 Å². The zero-order valence-electron chi connectivity index (χ0n) is 9.99. The van der Waals surface area contributed by atoms with Crippen LogP contribution in [0.1, 0.15) is 45.4 Å². The van der Waals surface area contributed by atoms with Gasteiger partial charge < -0.3 is 15.7 Å². The Labute approximate surface area is 93.6 Å². The van der Waals surface area contributed by atoms with E-state index in [-0.39, 0.29) is 6.10 Å². The Bertz CT molecular complexity index is 158. The summed E-state index contributed by atoms with van der Waals surface area (Å²) in [5, 5.41) is 9.45. The quantitative estimate of drug-likeness (QED) is 0.702. The lowest BCUT2D eigenvalue weighted by molar-refractivity contribution is 0.116. The molecule has 0 saturated heterocycles. The Morgan fingerprint density at radius 2 is 2.00 bits per heavy atom. The summed E-state index contributed by atoms with van der Waals surface area (Å²) in [6.07, 6.45) is 7.34. The molecule has 3 nitrogen and oxygen atoms in total. The van der Waals surface area contributed by atoms with E-state index in [2.05, 4.69) is 11.8 Å². The lowest BCUT2D eigenvalue weighted by Gasteiger charge is -2.33. The van der Waals surface area contributed by atoms with Crippen LogP contribution in [0.2, 0.25) is 0 Å². The minimum Gasteiger partial charge on any atom is -0.392 e. The monoisotopic (exact) mass is 214 g/mol. The van der Waals surface area contributed by atoms with E-state index in [4.69, 9.17) is 5.73 Å². The van der Waals surface area contributed by atoms with Crippen LogP contribution in [0.3, 0.4) is 0 Å². The lowest BCUT2D eigenvalue weighted by Crippen LogP contribution is -2.39. The van der Waals surface area contributed by atoms with Gasteiger partial charge in [-0.25, -0.2) is 0 Å². The van der Waals surface area contributed by atoms with Crippen molar-refractivity contribution >= 4 is 0 Å². The number of rotatable bonds is 6. The predicted octanol–water partition coefficient (Wildman–Crippen LogP) is 1.35. The van der Waals surface area contributed by atoms with Gasteiger partial charge in [0.2, 0.25) is 0 Å². The van der Waals surface area contributed by atoms with E-state index in [1.54, 1.807) is 0 Å². The molecule has 0 heterocycles. The van der Waals surface area contributed by atoms with Crippen LogP contribution in [0.15, 0.2) is 0 Å². The van der Waals surface area contributed by atoms with Crippen LogP contribution in [0.5, 0.6) is 0 Å². The number of aliphatic hydroxyl groups excluding tert-OH is 1. The van der Waals surface area contributed by atoms with E-state index >= 15 is 0 Å². The fourth-order valence-corrected chi connectivity index (χ4v) is 2.48. The number of nitrogens with two attached hydrogens (primary N) is 1. The van der Waals surface area contributed by atoms with Crippen molar-refractivity contribution in [2.75, 3.05) is 19.6 Å². The number of nitrogens with zero attached hydrogens (tertiary/aromatic N) is 1. The molecule has 0 bridgehead atoms. The molecule has 90 valence electrons. The molecule has 3 heteroatoms. The fraction of sp³-hybridized carbons (Fsp3) is 1.00. The summed E-state index contributed by atoms with van der Waals surface area (Å²) in [6.45, 7) is 4.70. The van der Waals surface area contributed by atoms with Gasteiger partial charge >= 0.3 is 0 Å². The average molecular weight is 214 g/mol. The average Bonchev–Trinajstić information content (AvgIpc) is 2.31. The van der Waals surface area contributed by atoms with Crippen LogP contribution < -0.4 is 5.73 Å². The molecule has 0 aliphatic heterocycles. The van der Waals surface area contributed by atoms with Gasteiger partial charge in [0.1, 0.15) is 0 Å². The molecule has 1 rings (SSSR count). The number of hydrogen-bond donors (Lipinski definition) is 2. The summed E-state index contributed by atoms with van der Waals surface area (Å²) in [6, 6.07) is 0.758. The molecule has 15 heavy (non-hydrogen) atoms. The third kappa shape index (κ3) is 4.49. The second-order valence-corrected chi connectivity index (χ2v) is 4.60. The highest BCUT2D eigenvalue weighted by Crippen LogP contribution is 2.22. The van der Waals surface area contributed by atoms with Crippen LogP contribution in [0.4, 0.5) is 0 Å². The maximum absolute atomic E-state index is 9.45. The molecular weight excluding hydrogens is 188 g/mol. The van der Waals surface area contributed by atoms with Gasteiger partial charge in [-0.2, -0.15) is 0 Å². The molecule has 0 aromatic heterocycles. The first-order valence-electron chi connectivity index (χ1n) is 6.40. The van der Waals surface area contributed by atoms with Gasteiger partial charge in [-0.1, -0.05) is 26.2 Å². The highest BCUT2D eigenvalue weighted by atomic mass is 16.3. The van der Waals surface area contributed by atoms with E-state index in [0.29, 0.717) is 6.54 Å². The Balaban J connectivity index is 2.27. The van der Waals surface area contributed by atoms with E-state index in [9.17, 15) is 5.11 Å². The van der Waals surface area contributed by atoms with Crippen molar-refractivity contribution in [2.24, 2.45) is 5.73 Å². The topological polar surface area (TPSA) is 49.5 Å². The second-order valence-electron chi connectivity index (χ2n) is 4.60. The van der Waals surface area contributed by atoms with Gasteiger partial charge in [0.05, 0.1) is 6.10 Å². The Morgan fingerprint density at radius 1 is 1.33 bits per heavy atom. The van der Waals surface area contributed by atoms with E-state index < -0.39 is 0 Å². The largest absolute Gasteiger partial charge is 0.392 e. The molecule has 1 unspecified atom stereocenters. The molecule has 0 amide bonds. The minimum absolute atomic E-state index is 0.317. The van der Waals surface area contributed by atoms with E-state index in [1.807, 2.05) is 0 Å². The van der Waals surface area contributed by atoms with E-state index in [1.165, 1.54) is 32.1 Å². The molecule has 0 spiro atoms. The molecule has 1 saturated carbocycles. The molecular formula is C12H26N2O. The highest BCUT2D eigenvalue weighted by Gasteiger charge is 2.19. The van der Waals surface area contributed by atoms with Crippen LogP contribution in [0.25, 0.3) is 0 Å². The van der Waals surface area contributed by atoms with Crippen molar-refractivity contribution in [3.63, 3.8) is 0 Å². The zero-order chi connectivity index (χ0) is 11.1. The lowest BCUT2D eigenvalue weighted by atomic mass is 9.94. The third-order valence-electron chi connectivity index (χ3n) is 3.52. The molecule has 0 aromatic rings. The van der Waals surface area contributed by atoms with Gasteiger partial charge in [-0.05, 0) is 25.8 Å². The van der Waals surface area contributed by atoms with Crippen LogP contribution in [0, 0.1) is 0 Å². The Morgan fingerprint density at radius 3 is 2.53 bits per heavy atom. The smallest absolute Gasteiger partial charge is 0.0674 e. The molecule has 0 aromatic carbocycles. The first kappa shape index (κ1) is 12.9. The summed E-state index contributed by atoms with van der Waals surface area (Å²) >= 11 is 0. The van der Waals surface area contributed by atoms with Crippen molar-refractivity contribution in [1.29, 1.82) is 0 Å². The van der Waals surface area contributed by atoms with E-state index in [0.717, 1.165) is 25.6 Å². The summed E-state index contributed by atoms with van der Waals surface area (Å²) in [4.78, 5) is 2.51. The summed E-state index contributed by atoms with van der Waals surface area (Å²) in [5.41, 5.74) is 5.41. The SMILES string of the molecule is CCN(CCC(O)CN)C1CCCCC1. The highest BCUT2D eigenvalue weighted by molar-refractivity contribution is 4.75. The summed E-state index contributed by atoms with van der Waals surface area (Å²) < 4.78 is 0. The first-order chi connectivity index (χ1) is 7.27. The van der Waals surface area contributed by atoms with Crippen molar-refractivity contribution < 1.29 is 5.11 Å². The van der Waals surface area contributed by atoms with Crippen molar-refractivity contribution in [1.82, 2.24) is 4.90 Å².